The molecule has 4 nitrogen and oxygen atoms in total. The molecule has 0 aliphatic carbocycles. The lowest BCUT2D eigenvalue weighted by Gasteiger charge is -2.18. The van der Waals surface area contributed by atoms with Crippen LogP contribution in [0.25, 0.3) is 22.3 Å². The highest BCUT2D eigenvalue weighted by atomic mass is 127. The van der Waals surface area contributed by atoms with E-state index in [1.165, 1.54) is 22.3 Å². The number of benzene rings is 4. The molecule has 5 heterocycles. The van der Waals surface area contributed by atoms with Gasteiger partial charge in [0, 0.05) is 40.0 Å². The molecular formula is C48H32I4N4. The third-order valence-electron chi connectivity index (χ3n) is 10.1. The number of fused-ring (bicyclic) bond motifs is 4. The summed E-state index contributed by atoms with van der Waals surface area (Å²) in [6, 6.07) is 35.8. The van der Waals surface area contributed by atoms with Gasteiger partial charge in [-0.15, -0.1) is 0 Å². The van der Waals surface area contributed by atoms with Gasteiger partial charge in [-0.3, -0.25) is 0 Å². The van der Waals surface area contributed by atoms with Gasteiger partial charge < -0.3 is 0 Å². The first-order valence-electron chi connectivity index (χ1n) is 18.2. The Kier molecular flexibility index (Phi) is 11.3. The summed E-state index contributed by atoms with van der Waals surface area (Å²) in [6.45, 7) is 0. The molecule has 0 atom stereocenters. The third kappa shape index (κ3) is 7.70. The summed E-state index contributed by atoms with van der Waals surface area (Å²) < 4.78 is 3.75. The van der Waals surface area contributed by atoms with Crippen LogP contribution >= 0.6 is 90.4 Å². The minimum Gasteiger partial charge on any atom is -0.249 e. The molecular weight excluding hydrogens is 1140 g/mol. The third-order valence-corrected chi connectivity index (χ3v) is 13.6. The fourth-order valence-corrected chi connectivity index (χ4v) is 9.29. The number of hydrogen-bond acceptors (Lipinski definition) is 4. The maximum absolute atomic E-state index is 5.71. The SMILES string of the molecule is ICc1ccc(C2=CC3=CC4=NC(=CC5=NC(=CC6=NC(=C(c7ccc(CI)cc7)C2=N3)C(c2ccc(CI)cc2)=C6c2ccc(CI)cc2)C=C5)C=C4)cc1. The molecule has 5 aliphatic rings. The van der Waals surface area contributed by atoms with Gasteiger partial charge in [0.1, 0.15) is 0 Å². The van der Waals surface area contributed by atoms with Crippen LogP contribution in [0, 0.1) is 0 Å². The zero-order valence-electron chi connectivity index (χ0n) is 30.0. The van der Waals surface area contributed by atoms with Gasteiger partial charge in [-0.2, -0.15) is 0 Å². The first-order chi connectivity index (χ1) is 27.5. The number of alkyl halides is 4. The van der Waals surface area contributed by atoms with Crippen LogP contribution in [0.15, 0.2) is 188 Å². The molecule has 0 N–H and O–H groups in total. The zero-order chi connectivity index (χ0) is 38.2. The van der Waals surface area contributed by atoms with Gasteiger partial charge in [0.15, 0.2) is 0 Å². The van der Waals surface area contributed by atoms with Crippen LogP contribution in [0.4, 0.5) is 0 Å². The molecule has 8 bridgehead atoms. The van der Waals surface area contributed by atoms with E-state index >= 15 is 0 Å². The Hall–Kier alpha value is -3.60. The lowest BCUT2D eigenvalue weighted by Crippen LogP contribution is -2.07. The molecule has 4 aromatic rings. The van der Waals surface area contributed by atoms with Gasteiger partial charge in [-0.1, -0.05) is 187 Å². The fourth-order valence-electron chi connectivity index (χ4n) is 7.25. The normalized spacial score (nSPS) is 17.1. The summed E-state index contributed by atoms with van der Waals surface area (Å²) in [4.78, 5) is 21.2. The largest absolute Gasteiger partial charge is 0.249 e. The van der Waals surface area contributed by atoms with Crippen LogP contribution in [-0.2, 0) is 17.7 Å². The maximum atomic E-state index is 5.71. The second kappa shape index (κ2) is 16.7. The summed E-state index contributed by atoms with van der Waals surface area (Å²) >= 11 is 9.73. The molecule has 0 saturated carbocycles. The van der Waals surface area contributed by atoms with E-state index in [9.17, 15) is 0 Å². The number of rotatable bonds is 8. The summed E-state index contributed by atoms with van der Waals surface area (Å²) in [5, 5.41) is 0. The second-order valence-electron chi connectivity index (χ2n) is 13.8. The van der Waals surface area contributed by atoms with E-state index in [1.54, 1.807) is 0 Å². The topological polar surface area (TPSA) is 49.4 Å². The molecule has 8 heteroatoms. The first kappa shape index (κ1) is 37.9. The van der Waals surface area contributed by atoms with Crippen LogP contribution < -0.4 is 0 Å². The number of nitrogens with zero attached hydrogens (tertiary/aromatic N) is 4. The summed E-state index contributed by atoms with van der Waals surface area (Å²) in [6.07, 6.45) is 16.7. The van der Waals surface area contributed by atoms with Crippen LogP contribution in [0.1, 0.15) is 44.5 Å². The van der Waals surface area contributed by atoms with Crippen molar-refractivity contribution in [1.29, 1.82) is 0 Å². The van der Waals surface area contributed by atoms with Gasteiger partial charge in [-0.25, -0.2) is 20.0 Å². The molecule has 5 aliphatic heterocycles. The van der Waals surface area contributed by atoms with E-state index in [-0.39, 0.29) is 0 Å². The summed E-state index contributed by atoms with van der Waals surface area (Å²) in [5.74, 6) is 0. The molecule has 0 saturated heterocycles. The van der Waals surface area contributed by atoms with E-state index in [4.69, 9.17) is 20.0 Å². The predicted molar refractivity (Wildman–Crippen MR) is 271 cm³/mol. The van der Waals surface area contributed by atoms with E-state index in [1.807, 2.05) is 18.2 Å². The second-order valence-corrected chi connectivity index (χ2v) is 16.8. The lowest BCUT2D eigenvalue weighted by atomic mass is 9.85. The molecule has 0 fully saturated rings. The molecule has 4 aromatic carbocycles. The van der Waals surface area contributed by atoms with Crippen LogP contribution in [0.3, 0.4) is 0 Å². The van der Waals surface area contributed by atoms with Crippen LogP contribution in [0.2, 0.25) is 0 Å². The Bertz CT molecular complexity index is 2660. The van der Waals surface area contributed by atoms with Crippen LogP contribution in [0.5, 0.6) is 0 Å². The number of hydrogen-bond donors (Lipinski definition) is 0. The highest BCUT2D eigenvalue weighted by molar-refractivity contribution is 14.1. The minimum absolute atomic E-state index is 0.848. The van der Waals surface area contributed by atoms with Gasteiger partial charge in [0.25, 0.3) is 0 Å². The Labute approximate surface area is 381 Å². The Balaban J connectivity index is 1.41. The highest BCUT2D eigenvalue weighted by Gasteiger charge is 2.33. The van der Waals surface area contributed by atoms with Crippen molar-refractivity contribution in [2.45, 2.75) is 17.7 Å². The number of allylic oxidation sites excluding steroid dienone is 12. The summed E-state index contributed by atoms with van der Waals surface area (Å²) in [5.41, 5.74) is 20.6. The van der Waals surface area contributed by atoms with Crippen molar-refractivity contribution >= 4 is 136 Å². The maximum Gasteiger partial charge on any atom is 0.0822 e. The van der Waals surface area contributed by atoms with Crippen molar-refractivity contribution in [3.8, 4) is 0 Å². The average molecular weight is 1170 g/mol. The van der Waals surface area contributed by atoms with Gasteiger partial charge in [0.2, 0.25) is 0 Å². The van der Waals surface area contributed by atoms with E-state index in [0.29, 0.717) is 0 Å². The van der Waals surface area contributed by atoms with Gasteiger partial charge in [0.05, 0.1) is 45.6 Å². The molecule has 0 radical (unpaired) electrons. The Morgan fingerprint density at radius 2 is 0.786 bits per heavy atom. The van der Waals surface area contributed by atoms with Crippen molar-refractivity contribution in [2.24, 2.45) is 20.0 Å². The van der Waals surface area contributed by atoms with Crippen molar-refractivity contribution in [3.63, 3.8) is 0 Å². The summed E-state index contributed by atoms with van der Waals surface area (Å²) in [7, 11) is 0. The minimum atomic E-state index is 0.848. The molecule has 0 amide bonds. The number of halogens is 4. The molecule has 9 rings (SSSR count). The lowest BCUT2D eigenvalue weighted by molar-refractivity contribution is 1.39. The van der Waals surface area contributed by atoms with Crippen molar-refractivity contribution in [3.05, 3.63) is 213 Å². The van der Waals surface area contributed by atoms with E-state index < -0.39 is 0 Å². The first-order valence-corrected chi connectivity index (χ1v) is 24.3. The number of aliphatic imine (C=N–C) groups is 4. The fraction of sp³-hybridized carbons (Fsp3) is 0.0833. The molecule has 0 spiro atoms. The average Bonchev–Trinajstić information content (AvgIpc) is 4.06. The standard InChI is InChI=1S/C48H32I4N4/c49-25-29-1-9-33(10-2-29)42-23-41-22-39-18-17-37(53-39)21-38-19-20-40(54-38)24-43-44(34-11-3-30(26-50)4-12-34)45(35-13-5-31(27-51)6-14-35)48(56-43)46(47(42)55-41)36-15-7-32(28-52)8-16-36/h1-24H,25-28H2. The van der Waals surface area contributed by atoms with Crippen LogP contribution in [-0.4, -0.2) is 22.8 Å². The van der Waals surface area contributed by atoms with Gasteiger partial charge >= 0.3 is 0 Å². The zero-order valence-corrected chi connectivity index (χ0v) is 38.6. The highest BCUT2D eigenvalue weighted by Crippen LogP contribution is 2.46. The Morgan fingerprint density at radius 3 is 1.29 bits per heavy atom. The monoisotopic (exact) mass is 1170 g/mol. The molecule has 0 unspecified atom stereocenters. The quantitative estimate of drug-likeness (QED) is 0.125. The molecule has 272 valence electrons. The van der Waals surface area contributed by atoms with E-state index in [0.717, 1.165) is 108 Å². The van der Waals surface area contributed by atoms with Crippen molar-refractivity contribution in [2.75, 3.05) is 0 Å². The van der Waals surface area contributed by atoms with Gasteiger partial charge in [-0.05, 0) is 93.1 Å². The van der Waals surface area contributed by atoms with Crippen molar-refractivity contribution in [1.82, 2.24) is 0 Å². The molecule has 56 heavy (non-hydrogen) atoms. The Morgan fingerprint density at radius 1 is 0.357 bits per heavy atom. The smallest absolute Gasteiger partial charge is 0.0822 e. The van der Waals surface area contributed by atoms with E-state index in [2.05, 4.69) is 218 Å². The predicted octanol–water partition coefficient (Wildman–Crippen LogP) is 13.4. The van der Waals surface area contributed by atoms with Crippen molar-refractivity contribution < 1.29 is 0 Å². The molecule has 0 aromatic heterocycles.